The third kappa shape index (κ3) is 2.99. The summed E-state index contributed by atoms with van der Waals surface area (Å²) in [6.45, 7) is 4.53. The predicted molar refractivity (Wildman–Crippen MR) is 75.3 cm³/mol. The van der Waals surface area contributed by atoms with E-state index in [1.54, 1.807) is 4.90 Å². The summed E-state index contributed by atoms with van der Waals surface area (Å²) in [6.07, 6.45) is -0.246. The topological polar surface area (TPSA) is 70.0 Å². The first kappa shape index (κ1) is 14.9. The van der Waals surface area contributed by atoms with Gasteiger partial charge in [-0.05, 0) is 26.0 Å². The van der Waals surface area contributed by atoms with Gasteiger partial charge in [0.1, 0.15) is 0 Å². The number of morpholine rings is 1. The fraction of sp³-hybridized carbons (Fsp3) is 0.500. The summed E-state index contributed by atoms with van der Waals surface area (Å²) in [5.74, 6) is -0.759. The van der Waals surface area contributed by atoms with E-state index in [-0.39, 0.29) is 23.3 Å². The van der Waals surface area contributed by atoms with Gasteiger partial charge in [-0.15, -0.1) is 11.6 Å². The number of hydrogen-bond donors (Lipinski definition) is 2. The number of benzene rings is 1. The van der Waals surface area contributed by atoms with Gasteiger partial charge in [0, 0.05) is 13.1 Å². The molecule has 2 rings (SSSR count). The Morgan fingerprint density at radius 1 is 1.50 bits per heavy atom. The van der Waals surface area contributed by atoms with E-state index in [1.807, 2.05) is 13.8 Å². The van der Waals surface area contributed by atoms with Crippen molar-refractivity contribution >= 4 is 17.5 Å². The Kier molecular flexibility index (Phi) is 4.11. The molecular formula is C14H18ClNO4. The van der Waals surface area contributed by atoms with Gasteiger partial charge >= 0.3 is 0 Å². The number of hydrogen-bond acceptors (Lipinski definition) is 4. The summed E-state index contributed by atoms with van der Waals surface area (Å²) in [6, 6.07) is 4.33. The van der Waals surface area contributed by atoms with Crippen LogP contribution in [-0.2, 0) is 4.74 Å². The van der Waals surface area contributed by atoms with E-state index in [0.29, 0.717) is 19.0 Å². The van der Waals surface area contributed by atoms with Crippen LogP contribution in [0, 0.1) is 0 Å². The Morgan fingerprint density at radius 2 is 2.20 bits per heavy atom. The molecule has 0 radical (unpaired) electrons. The van der Waals surface area contributed by atoms with Crippen molar-refractivity contribution in [1.29, 1.82) is 0 Å². The normalized spacial score (nSPS) is 21.8. The average molecular weight is 300 g/mol. The predicted octanol–water partition coefficient (Wildman–Crippen LogP) is 1.96. The van der Waals surface area contributed by atoms with Crippen LogP contribution in [0.5, 0.6) is 11.5 Å². The van der Waals surface area contributed by atoms with Crippen LogP contribution in [0.25, 0.3) is 0 Å². The van der Waals surface area contributed by atoms with Crippen molar-refractivity contribution in [2.45, 2.75) is 25.6 Å². The second-order valence-electron chi connectivity index (χ2n) is 5.51. The van der Waals surface area contributed by atoms with Crippen molar-refractivity contribution in [3.05, 3.63) is 23.8 Å². The molecule has 1 aromatic rings. The van der Waals surface area contributed by atoms with Crippen molar-refractivity contribution in [2.75, 3.05) is 19.0 Å². The minimum absolute atomic E-state index is 0.0797. The molecule has 20 heavy (non-hydrogen) atoms. The fourth-order valence-electron chi connectivity index (χ4n) is 2.40. The number of alkyl halides is 1. The third-order valence-corrected chi connectivity index (χ3v) is 3.53. The molecule has 110 valence electrons. The highest BCUT2D eigenvalue weighted by atomic mass is 35.5. The minimum Gasteiger partial charge on any atom is -0.504 e. The average Bonchev–Trinajstić information content (AvgIpc) is 2.39. The molecule has 6 heteroatoms. The van der Waals surface area contributed by atoms with E-state index in [2.05, 4.69) is 0 Å². The highest BCUT2D eigenvalue weighted by Gasteiger charge is 2.36. The van der Waals surface area contributed by atoms with Crippen LogP contribution in [0.15, 0.2) is 18.2 Å². The second kappa shape index (κ2) is 5.50. The number of phenols is 2. The number of carbonyl (C=O) groups is 1. The Bertz CT molecular complexity index is 518. The van der Waals surface area contributed by atoms with Crippen molar-refractivity contribution < 1.29 is 19.7 Å². The molecule has 1 aliphatic rings. The summed E-state index contributed by atoms with van der Waals surface area (Å²) >= 11 is 5.83. The molecule has 1 aliphatic heterocycles. The van der Waals surface area contributed by atoms with Crippen LogP contribution in [0.4, 0.5) is 0 Å². The lowest BCUT2D eigenvalue weighted by atomic mass is 10.0. The molecule has 0 spiro atoms. The molecule has 1 fully saturated rings. The number of rotatable bonds is 2. The maximum atomic E-state index is 12.5. The first-order valence-corrected chi connectivity index (χ1v) is 6.91. The van der Waals surface area contributed by atoms with Gasteiger partial charge in [-0.1, -0.05) is 6.07 Å². The molecule has 0 aliphatic carbocycles. The lowest BCUT2D eigenvalue weighted by molar-refractivity contribution is -0.117. The van der Waals surface area contributed by atoms with Crippen molar-refractivity contribution in [3.8, 4) is 11.5 Å². The van der Waals surface area contributed by atoms with Gasteiger partial charge in [0.15, 0.2) is 11.5 Å². The quantitative estimate of drug-likeness (QED) is 0.647. The Hall–Kier alpha value is -1.46. The number of amides is 1. The molecular weight excluding hydrogens is 282 g/mol. The van der Waals surface area contributed by atoms with E-state index in [0.717, 1.165) is 0 Å². The Labute approximate surface area is 122 Å². The number of ether oxygens (including phenoxy) is 1. The van der Waals surface area contributed by atoms with Gasteiger partial charge in [-0.25, -0.2) is 0 Å². The molecule has 1 heterocycles. The van der Waals surface area contributed by atoms with Crippen LogP contribution >= 0.6 is 11.6 Å². The van der Waals surface area contributed by atoms with Gasteiger partial charge < -0.3 is 19.8 Å². The number of aromatic hydroxyl groups is 2. The van der Waals surface area contributed by atoms with Crippen LogP contribution < -0.4 is 0 Å². The maximum Gasteiger partial charge on any atom is 0.257 e. The number of para-hydroxylation sites is 1. The first-order valence-electron chi connectivity index (χ1n) is 6.38. The zero-order valence-electron chi connectivity index (χ0n) is 11.5. The first-order chi connectivity index (χ1) is 9.34. The molecule has 0 aromatic heterocycles. The Morgan fingerprint density at radius 3 is 2.85 bits per heavy atom. The molecule has 0 bridgehead atoms. The largest absolute Gasteiger partial charge is 0.504 e. The van der Waals surface area contributed by atoms with Crippen LogP contribution in [-0.4, -0.2) is 51.7 Å². The molecule has 1 atom stereocenters. The molecule has 2 N–H and O–H groups in total. The lowest BCUT2D eigenvalue weighted by Crippen LogP contribution is -2.55. The number of phenolic OH excluding ortho intramolecular Hbond substituents is 2. The van der Waals surface area contributed by atoms with E-state index in [4.69, 9.17) is 16.3 Å². The number of nitrogens with zero attached hydrogens (tertiary/aromatic N) is 1. The summed E-state index contributed by atoms with van der Waals surface area (Å²) in [5, 5.41) is 19.3. The van der Waals surface area contributed by atoms with Crippen LogP contribution in [0.1, 0.15) is 24.2 Å². The molecule has 0 saturated carbocycles. The maximum absolute atomic E-state index is 12.5. The highest BCUT2D eigenvalue weighted by Crippen LogP contribution is 2.31. The number of carbonyl (C=O) groups excluding carboxylic acids is 1. The zero-order chi connectivity index (χ0) is 14.9. The molecule has 1 saturated heterocycles. The summed E-state index contributed by atoms with van der Waals surface area (Å²) in [5.41, 5.74) is -0.420. The Balaban J connectivity index is 2.26. The second-order valence-corrected chi connectivity index (χ2v) is 5.82. The third-order valence-electron chi connectivity index (χ3n) is 3.19. The van der Waals surface area contributed by atoms with Gasteiger partial charge in [-0.2, -0.15) is 0 Å². The van der Waals surface area contributed by atoms with E-state index in [1.165, 1.54) is 18.2 Å². The van der Waals surface area contributed by atoms with E-state index in [9.17, 15) is 15.0 Å². The minimum atomic E-state index is -0.500. The van der Waals surface area contributed by atoms with Gasteiger partial charge in [-0.3, -0.25) is 4.79 Å². The summed E-state index contributed by atoms with van der Waals surface area (Å²) in [4.78, 5) is 14.1. The van der Waals surface area contributed by atoms with E-state index < -0.39 is 11.4 Å². The monoisotopic (exact) mass is 299 g/mol. The van der Waals surface area contributed by atoms with Crippen molar-refractivity contribution in [3.63, 3.8) is 0 Å². The molecule has 1 unspecified atom stereocenters. The number of halogens is 1. The lowest BCUT2D eigenvalue weighted by Gasteiger charge is -2.42. The smallest absolute Gasteiger partial charge is 0.257 e. The highest BCUT2D eigenvalue weighted by molar-refractivity contribution is 6.18. The van der Waals surface area contributed by atoms with Crippen molar-refractivity contribution in [2.24, 2.45) is 0 Å². The van der Waals surface area contributed by atoms with Crippen LogP contribution in [0.3, 0.4) is 0 Å². The van der Waals surface area contributed by atoms with Gasteiger partial charge in [0.2, 0.25) is 0 Å². The standard InChI is InChI=1S/C14H18ClNO4/c1-14(2)8-16(7-9(6-15)20-14)13(19)10-4-3-5-11(17)12(10)18/h3-5,9,17-18H,6-8H2,1-2H3. The van der Waals surface area contributed by atoms with Gasteiger partial charge in [0.25, 0.3) is 5.91 Å². The summed E-state index contributed by atoms with van der Waals surface area (Å²) in [7, 11) is 0. The molecule has 1 aromatic carbocycles. The SMILES string of the molecule is CC1(C)CN(C(=O)c2cccc(O)c2O)CC(CCl)O1. The van der Waals surface area contributed by atoms with Crippen LogP contribution in [0.2, 0.25) is 0 Å². The summed E-state index contributed by atoms with van der Waals surface area (Å²) < 4.78 is 5.76. The van der Waals surface area contributed by atoms with Gasteiger partial charge in [0.05, 0.1) is 23.1 Å². The van der Waals surface area contributed by atoms with E-state index >= 15 is 0 Å². The fourth-order valence-corrected chi connectivity index (χ4v) is 2.57. The van der Waals surface area contributed by atoms with Crippen molar-refractivity contribution in [1.82, 2.24) is 4.90 Å². The zero-order valence-corrected chi connectivity index (χ0v) is 12.2. The molecule has 1 amide bonds. The molecule has 5 nitrogen and oxygen atoms in total.